The molecule has 0 unspecified atom stereocenters. The van der Waals surface area contributed by atoms with Gasteiger partial charge in [-0.1, -0.05) is 11.6 Å². The van der Waals surface area contributed by atoms with Crippen molar-refractivity contribution in [1.82, 2.24) is 0 Å². The van der Waals surface area contributed by atoms with Crippen LogP contribution in [0.1, 0.15) is 33.1 Å². The van der Waals surface area contributed by atoms with Crippen molar-refractivity contribution in [2.24, 2.45) is 11.8 Å². The van der Waals surface area contributed by atoms with Gasteiger partial charge in [0.15, 0.2) is 11.6 Å². The molecular formula is C15H20O5. The summed E-state index contributed by atoms with van der Waals surface area (Å²) in [6.07, 6.45) is 3.44. The summed E-state index contributed by atoms with van der Waals surface area (Å²) < 4.78 is 16.2. The van der Waals surface area contributed by atoms with E-state index in [2.05, 4.69) is 6.08 Å². The van der Waals surface area contributed by atoms with Gasteiger partial charge in [-0.05, 0) is 26.7 Å². The highest BCUT2D eigenvalue weighted by atomic mass is 16.8. The average Bonchev–Trinajstić information content (AvgIpc) is 2.78. The lowest BCUT2D eigenvalue weighted by Crippen LogP contribution is -2.28. The van der Waals surface area contributed by atoms with Gasteiger partial charge in [-0.3, -0.25) is 9.59 Å². The van der Waals surface area contributed by atoms with Gasteiger partial charge in [0, 0.05) is 12.3 Å². The molecule has 5 nitrogen and oxygen atoms in total. The van der Waals surface area contributed by atoms with Crippen molar-refractivity contribution >= 4 is 11.8 Å². The number of rotatable bonds is 2. The number of hydrogen-bond donors (Lipinski definition) is 0. The van der Waals surface area contributed by atoms with E-state index in [1.165, 1.54) is 12.7 Å². The molecule has 3 fully saturated rings. The molecule has 0 amide bonds. The van der Waals surface area contributed by atoms with E-state index in [1.807, 2.05) is 13.8 Å². The first kappa shape index (κ1) is 13.8. The molecule has 3 aliphatic rings. The van der Waals surface area contributed by atoms with Crippen LogP contribution in [0.3, 0.4) is 0 Å². The van der Waals surface area contributed by atoms with E-state index in [4.69, 9.17) is 14.2 Å². The zero-order valence-corrected chi connectivity index (χ0v) is 12.0. The number of Topliss-reactive ketones (excluding diaryl/α,β-unsaturated/α-hetero) is 1. The van der Waals surface area contributed by atoms with Gasteiger partial charge in [-0.2, -0.15) is 0 Å². The van der Waals surface area contributed by atoms with Crippen molar-refractivity contribution in [2.45, 2.75) is 51.1 Å². The van der Waals surface area contributed by atoms with Crippen molar-refractivity contribution in [2.75, 3.05) is 7.11 Å². The Labute approximate surface area is 118 Å². The predicted molar refractivity (Wildman–Crippen MR) is 69.8 cm³/mol. The first-order chi connectivity index (χ1) is 9.39. The number of esters is 1. The molecular weight excluding hydrogens is 260 g/mol. The van der Waals surface area contributed by atoms with Gasteiger partial charge in [0.05, 0.1) is 13.0 Å². The molecule has 0 aromatic heterocycles. The summed E-state index contributed by atoms with van der Waals surface area (Å²) in [6, 6.07) is 0. The second-order valence-electron chi connectivity index (χ2n) is 6.31. The fraction of sp³-hybridized carbons (Fsp3) is 0.733. The van der Waals surface area contributed by atoms with Gasteiger partial charge in [0.2, 0.25) is 0 Å². The van der Waals surface area contributed by atoms with Crippen LogP contribution in [0.2, 0.25) is 0 Å². The smallest absolute Gasteiger partial charge is 0.309 e. The molecule has 0 bridgehead atoms. The lowest BCUT2D eigenvalue weighted by Gasteiger charge is -2.28. The van der Waals surface area contributed by atoms with Crippen molar-refractivity contribution in [3.8, 4) is 0 Å². The summed E-state index contributed by atoms with van der Waals surface area (Å²) in [5, 5.41) is 0. The third kappa shape index (κ3) is 2.29. The third-order valence-electron chi connectivity index (χ3n) is 4.31. The molecule has 20 heavy (non-hydrogen) atoms. The van der Waals surface area contributed by atoms with E-state index < -0.39 is 11.9 Å². The lowest BCUT2D eigenvalue weighted by atomic mass is 9.78. The van der Waals surface area contributed by atoms with Crippen LogP contribution in [0.4, 0.5) is 0 Å². The summed E-state index contributed by atoms with van der Waals surface area (Å²) in [6.45, 7) is 3.67. The number of carbonyl (C=O) groups is 2. The van der Waals surface area contributed by atoms with Crippen molar-refractivity contribution in [3.63, 3.8) is 0 Å². The van der Waals surface area contributed by atoms with Crippen LogP contribution in [0, 0.1) is 11.8 Å². The molecule has 2 saturated carbocycles. The molecule has 3 rings (SSSR count). The number of methoxy groups -OCH3 is 1. The monoisotopic (exact) mass is 280 g/mol. The first-order valence-electron chi connectivity index (χ1n) is 7.05. The normalized spacial score (nSPS) is 38.4. The molecule has 1 saturated heterocycles. The Bertz CT molecular complexity index is 471. The Hall–Kier alpha value is -1.20. The highest BCUT2D eigenvalue weighted by Crippen LogP contribution is 2.43. The molecule has 0 aromatic rings. The average molecular weight is 280 g/mol. The zero-order valence-electron chi connectivity index (χ0n) is 12.0. The maximum atomic E-state index is 12.0. The standard InChI is InChI=1S/C15H20O5/c1-15(2)19-12-9(7-11(16)13(12)20-15)4-8-5-10(6-8)14(17)18-3/h4,9-10,12-13H,5-7H2,1-3H3/t9-,10?,12+,13-/m0/s1. The van der Waals surface area contributed by atoms with E-state index in [1.54, 1.807) is 0 Å². The number of fused-ring (bicyclic) bond motifs is 1. The molecule has 0 radical (unpaired) electrons. The van der Waals surface area contributed by atoms with Gasteiger partial charge in [-0.15, -0.1) is 0 Å². The summed E-state index contributed by atoms with van der Waals surface area (Å²) in [7, 11) is 1.41. The van der Waals surface area contributed by atoms with E-state index in [0.717, 1.165) is 12.8 Å². The van der Waals surface area contributed by atoms with Crippen LogP contribution in [0.5, 0.6) is 0 Å². The quantitative estimate of drug-likeness (QED) is 0.568. The highest BCUT2D eigenvalue weighted by molar-refractivity contribution is 5.87. The molecule has 0 N–H and O–H groups in total. The Morgan fingerprint density at radius 3 is 2.65 bits per heavy atom. The number of carbonyl (C=O) groups excluding carboxylic acids is 2. The predicted octanol–water partition coefficient (Wildman–Crippen LogP) is 1.60. The largest absolute Gasteiger partial charge is 0.469 e. The number of allylic oxidation sites excluding steroid dienone is 1. The number of hydrogen-bond acceptors (Lipinski definition) is 5. The summed E-state index contributed by atoms with van der Waals surface area (Å²) in [5.74, 6) is -0.661. The van der Waals surface area contributed by atoms with Crippen LogP contribution in [-0.4, -0.2) is 36.9 Å². The maximum Gasteiger partial charge on any atom is 0.309 e. The minimum absolute atomic E-state index is 0.0173. The summed E-state index contributed by atoms with van der Waals surface area (Å²) >= 11 is 0. The zero-order chi connectivity index (χ0) is 14.5. The summed E-state index contributed by atoms with van der Waals surface area (Å²) in [5.41, 5.74) is 1.21. The summed E-state index contributed by atoms with van der Waals surface area (Å²) in [4.78, 5) is 23.3. The molecule has 0 spiro atoms. The van der Waals surface area contributed by atoms with E-state index in [0.29, 0.717) is 6.42 Å². The maximum absolute atomic E-state index is 12.0. The van der Waals surface area contributed by atoms with Gasteiger partial charge >= 0.3 is 5.97 Å². The van der Waals surface area contributed by atoms with Crippen LogP contribution >= 0.6 is 0 Å². The van der Waals surface area contributed by atoms with Gasteiger partial charge in [0.25, 0.3) is 0 Å². The van der Waals surface area contributed by atoms with E-state index >= 15 is 0 Å². The van der Waals surface area contributed by atoms with Gasteiger partial charge in [0.1, 0.15) is 12.2 Å². The minimum atomic E-state index is -0.684. The second-order valence-corrected chi connectivity index (χ2v) is 6.31. The van der Waals surface area contributed by atoms with Crippen LogP contribution in [0.25, 0.3) is 0 Å². The Balaban J connectivity index is 1.65. The van der Waals surface area contributed by atoms with Crippen molar-refractivity contribution in [1.29, 1.82) is 0 Å². The molecule has 2 aliphatic carbocycles. The minimum Gasteiger partial charge on any atom is -0.469 e. The highest BCUT2D eigenvalue weighted by Gasteiger charge is 2.53. The fourth-order valence-corrected chi connectivity index (χ4v) is 3.31. The van der Waals surface area contributed by atoms with Gasteiger partial charge in [-0.25, -0.2) is 0 Å². The number of ether oxygens (including phenoxy) is 3. The van der Waals surface area contributed by atoms with Crippen molar-refractivity contribution in [3.05, 3.63) is 11.6 Å². The molecule has 0 aromatic carbocycles. The van der Waals surface area contributed by atoms with E-state index in [-0.39, 0.29) is 29.7 Å². The molecule has 1 heterocycles. The SMILES string of the molecule is COC(=O)C1CC(=C[C@H]2CC(=O)[C@@H]3OC(C)(C)O[C@H]23)C1. The second kappa shape index (κ2) is 4.67. The van der Waals surface area contributed by atoms with Crippen LogP contribution in [0.15, 0.2) is 11.6 Å². The molecule has 110 valence electrons. The van der Waals surface area contributed by atoms with Crippen molar-refractivity contribution < 1.29 is 23.8 Å². The molecule has 3 atom stereocenters. The Morgan fingerprint density at radius 1 is 1.30 bits per heavy atom. The van der Waals surface area contributed by atoms with Gasteiger partial charge < -0.3 is 14.2 Å². The third-order valence-corrected chi connectivity index (χ3v) is 4.31. The first-order valence-corrected chi connectivity index (χ1v) is 7.05. The molecule has 1 aliphatic heterocycles. The Morgan fingerprint density at radius 2 is 2.00 bits per heavy atom. The fourth-order valence-electron chi connectivity index (χ4n) is 3.31. The lowest BCUT2D eigenvalue weighted by molar-refractivity contribution is -0.161. The molecule has 5 heteroatoms. The number of ketones is 1. The topological polar surface area (TPSA) is 61.8 Å². The Kier molecular flexibility index (Phi) is 3.21. The van der Waals surface area contributed by atoms with Crippen LogP contribution < -0.4 is 0 Å². The van der Waals surface area contributed by atoms with Crippen LogP contribution in [-0.2, 0) is 23.8 Å². The van der Waals surface area contributed by atoms with E-state index in [9.17, 15) is 9.59 Å².